The van der Waals surface area contributed by atoms with Crippen molar-refractivity contribution in [3.63, 3.8) is 0 Å². The first kappa shape index (κ1) is 16.7. The van der Waals surface area contributed by atoms with E-state index in [0.29, 0.717) is 12.3 Å². The molecule has 0 unspecified atom stereocenters. The Hall–Kier alpha value is -2.14. The zero-order chi connectivity index (χ0) is 17.3. The second kappa shape index (κ2) is 6.77. The first-order valence-corrected chi connectivity index (χ1v) is 8.58. The van der Waals surface area contributed by atoms with E-state index >= 15 is 0 Å². The van der Waals surface area contributed by atoms with E-state index in [1.165, 1.54) is 0 Å². The molecule has 1 atom stereocenters. The van der Waals surface area contributed by atoms with Gasteiger partial charge in [0.15, 0.2) is 0 Å². The molecule has 0 aliphatic carbocycles. The third-order valence-electron chi connectivity index (χ3n) is 4.15. The van der Waals surface area contributed by atoms with Crippen LogP contribution in [0, 0.1) is 19.8 Å². The molecule has 0 N–H and O–H groups in total. The molecule has 3 rings (SSSR count). The molecule has 0 saturated carbocycles. The number of carbonyl (C=O) groups is 2. The number of carbonyl (C=O) groups excluding carboxylic acids is 2. The number of benzene rings is 2. The lowest BCUT2D eigenvalue weighted by molar-refractivity contribution is -0.139. The Balaban J connectivity index is 1.72. The zero-order valence-electron chi connectivity index (χ0n) is 13.6. The molecule has 1 saturated heterocycles. The van der Waals surface area contributed by atoms with Crippen LogP contribution in [0.3, 0.4) is 0 Å². The average molecular weight is 388 g/mol. The van der Waals surface area contributed by atoms with Crippen LogP contribution in [0.15, 0.2) is 46.9 Å². The summed E-state index contributed by atoms with van der Waals surface area (Å²) in [6.07, 6.45) is 0.180. The minimum atomic E-state index is -0.443. The van der Waals surface area contributed by atoms with Gasteiger partial charge in [-0.2, -0.15) is 0 Å². The fourth-order valence-corrected chi connectivity index (χ4v) is 3.01. The summed E-state index contributed by atoms with van der Waals surface area (Å²) in [5.41, 5.74) is 2.73. The summed E-state index contributed by atoms with van der Waals surface area (Å²) in [4.78, 5) is 26.3. The van der Waals surface area contributed by atoms with Crippen molar-refractivity contribution in [1.29, 1.82) is 0 Å². The van der Waals surface area contributed by atoms with Crippen molar-refractivity contribution in [1.82, 2.24) is 0 Å². The number of nitrogens with zero attached hydrogens (tertiary/aromatic N) is 1. The Morgan fingerprint density at radius 1 is 1.17 bits per heavy atom. The van der Waals surface area contributed by atoms with E-state index in [1.807, 2.05) is 56.3 Å². The number of hydrogen-bond acceptors (Lipinski definition) is 3. The van der Waals surface area contributed by atoms with Crippen molar-refractivity contribution in [3.8, 4) is 5.75 Å². The van der Waals surface area contributed by atoms with E-state index in [0.717, 1.165) is 21.3 Å². The Morgan fingerprint density at radius 2 is 1.88 bits per heavy atom. The molecule has 0 bridgehead atoms. The molecule has 0 spiro atoms. The molecule has 24 heavy (non-hydrogen) atoms. The second-order valence-corrected chi connectivity index (χ2v) is 6.99. The predicted molar refractivity (Wildman–Crippen MR) is 96.2 cm³/mol. The topological polar surface area (TPSA) is 46.6 Å². The quantitative estimate of drug-likeness (QED) is 0.589. The number of ether oxygens (including phenoxy) is 1. The molecule has 124 valence electrons. The Morgan fingerprint density at radius 3 is 2.58 bits per heavy atom. The van der Waals surface area contributed by atoms with Gasteiger partial charge < -0.3 is 9.64 Å². The van der Waals surface area contributed by atoms with Crippen molar-refractivity contribution in [2.75, 3.05) is 11.4 Å². The van der Waals surface area contributed by atoms with E-state index in [-0.39, 0.29) is 18.3 Å². The molecule has 0 aromatic heterocycles. The summed E-state index contributed by atoms with van der Waals surface area (Å²) in [5, 5.41) is 0. The predicted octanol–water partition coefficient (Wildman–Crippen LogP) is 4.02. The van der Waals surface area contributed by atoms with Crippen LogP contribution in [0.25, 0.3) is 0 Å². The lowest BCUT2D eigenvalue weighted by Crippen LogP contribution is -2.27. The van der Waals surface area contributed by atoms with Crippen LogP contribution >= 0.6 is 15.9 Å². The minimum absolute atomic E-state index is 0.0553. The SMILES string of the molecule is Cc1ccc(C)c(OC(=O)[C@H]2CC(=O)N(c3ccc(Br)cc3)C2)c1. The van der Waals surface area contributed by atoms with Gasteiger partial charge in [0.25, 0.3) is 0 Å². The van der Waals surface area contributed by atoms with Gasteiger partial charge in [-0.3, -0.25) is 9.59 Å². The molecule has 1 fully saturated rings. The van der Waals surface area contributed by atoms with Crippen LogP contribution in [0.5, 0.6) is 5.75 Å². The summed E-state index contributed by atoms with van der Waals surface area (Å²) < 4.78 is 6.48. The van der Waals surface area contributed by atoms with Gasteiger partial charge in [-0.15, -0.1) is 0 Å². The second-order valence-electron chi connectivity index (χ2n) is 6.07. The molecule has 2 aromatic rings. The zero-order valence-corrected chi connectivity index (χ0v) is 15.2. The summed E-state index contributed by atoms with van der Waals surface area (Å²) in [6.45, 7) is 4.20. The average Bonchev–Trinajstić information content (AvgIpc) is 2.94. The highest BCUT2D eigenvalue weighted by molar-refractivity contribution is 9.10. The molecular formula is C19H18BrNO3. The van der Waals surface area contributed by atoms with Crippen LogP contribution in [0.1, 0.15) is 17.5 Å². The van der Waals surface area contributed by atoms with E-state index in [2.05, 4.69) is 15.9 Å². The third kappa shape index (κ3) is 3.51. The number of aryl methyl sites for hydroxylation is 2. The third-order valence-corrected chi connectivity index (χ3v) is 4.68. The van der Waals surface area contributed by atoms with E-state index in [4.69, 9.17) is 4.74 Å². The Kier molecular flexibility index (Phi) is 4.71. The smallest absolute Gasteiger partial charge is 0.316 e. The largest absolute Gasteiger partial charge is 0.426 e. The van der Waals surface area contributed by atoms with Gasteiger partial charge in [0.2, 0.25) is 5.91 Å². The monoisotopic (exact) mass is 387 g/mol. The first-order valence-electron chi connectivity index (χ1n) is 7.79. The summed E-state index contributed by atoms with van der Waals surface area (Å²) in [7, 11) is 0. The van der Waals surface area contributed by atoms with Gasteiger partial charge in [0, 0.05) is 23.1 Å². The van der Waals surface area contributed by atoms with E-state index in [1.54, 1.807) is 4.90 Å². The highest BCUT2D eigenvalue weighted by Gasteiger charge is 2.36. The first-order chi connectivity index (χ1) is 11.4. The Bertz CT molecular complexity index is 786. The molecule has 1 aliphatic rings. The standard InChI is InChI=1S/C19H18BrNO3/c1-12-3-4-13(2)17(9-12)24-19(23)14-10-18(22)21(11-14)16-7-5-15(20)6-8-16/h3-9,14H,10-11H2,1-2H3/t14-/m0/s1. The van der Waals surface area contributed by atoms with Crippen LogP contribution in [-0.2, 0) is 9.59 Å². The molecule has 0 radical (unpaired) electrons. The number of esters is 1. The van der Waals surface area contributed by atoms with Gasteiger partial charge in [-0.05, 0) is 55.3 Å². The van der Waals surface area contributed by atoms with Crippen molar-refractivity contribution in [2.24, 2.45) is 5.92 Å². The number of rotatable bonds is 3. The number of halogens is 1. The lowest BCUT2D eigenvalue weighted by atomic mass is 10.1. The van der Waals surface area contributed by atoms with Crippen molar-refractivity contribution < 1.29 is 14.3 Å². The fourth-order valence-electron chi connectivity index (χ4n) is 2.75. The van der Waals surface area contributed by atoms with Crippen molar-refractivity contribution in [2.45, 2.75) is 20.3 Å². The van der Waals surface area contributed by atoms with Crippen LogP contribution < -0.4 is 9.64 Å². The lowest BCUT2D eigenvalue weighted by Gasteiger charge is -2.16. The molecule has 5 heteroatoms. The van der Waals surface area contributed by atoms with Crippen LogP contribution in [0.2, 0.25) is 0 Å². The normalized spacial score (nSPS) is 17.2. The number of amides is 1. The summed E-state index contributed by atoms with van der Waals surface area (Å²) >= 11 is 3.38. The van der Waals surface area contributed by atoms with Gasteiger partial charge in [-0.25, -0.2) is 0 Å². The molecule has 4 nitrogen and oxygen atoms in total. The van der Waals surface area contributed by atoms with Gasteiger partial charge >= 0.3 is 5.97 Å². The van der Waals surface area contributed by atoms with Gasteiger partial charge in [0.05, 0.1) is 5.92 Å². The van der Waals surface area contributed by atoms with Crippen molar-refractivity contribution in [3.05, 3.63) is 58.1 Å². The summed E-state index contributed by atoms with van der Waals surface area (Å²) in [6, 6.07) is 13.2. The maximum Gasteiger partial charge on any atom is 0.316 e. The number of hydrogen-bond donors (Lipinski definition) is 0. The minimum Gasteiger partial charge on any atom is -0.426 e. The molecule has 1 amide bonds. The number of anilines is 1. The van der Waals surface area contributed by atoms with E-state index in [9.17, 15) is 9.59 Å². The maximum atomic E-state index is 12.4. The van der Waals surface area contributed by atoms with Gasteiger partial charge in [-0.1, -0.05) is 28.1 Å². The molecule has 1 heterocycles. The molecular weight excluding hydrogens is 370 g/mol. The fraction of sp³-hybridized carbons (Fsp3) is 0.263. The highest BCUT2D eigenvalue weighted by atomic mass is 79.9. The van der Waals surface area contributed by atoms with E-state index < -0.39 is 5.92 Å². The van der Waals surface area contributed by atoms with Gasteiger partial charge in [0.1, 0.15) is 5.75 Å². The summed E-state index contributed by atoms with van der Waals surface area (Å²) in [5.74, 6) is -0.285. The van der Waals surface area contributed by atoms with Crippen molar-refractivity contribution >= 4 is 33.5 Å². The van der Waals surface area contributed by atoms with Crippen LogP contribution in [0.4, 0.5) is 5.69 Å². The molecule has 1 aliphatic heterocycles. The molecule has 2 aromatic carbocycles. The highest BCUT2D eigenvalue weighted by Crippen LogP contribution is 2.28. The maximum absolute atomic E-state index is 12.4. The Labute approximate surface area is 149 Å². The van der Waals surface area contributed by atoms with Crippen LogP contribution in [-0.4, -0.2) is 18.4 Å².